The molecule has 0 fully saturated rings. The van der Waals surface area contributed by atoms with E-state index in [1.807, 2.05) is 0 Å². The Bertz CT molecular complexity index is 899. The van der Waals surface area contributed by atoms with Crippen LogP contribution in [0.4, 0.5) is 34.5 Å². The third-order valence-corrected chi connectivity index (χ3v) is 9.09. The summed E-state index contributed by atoms with van der Waals surface area (Å²) in [5.74, 6) is 6.68. The van der Waals surface area contributed by atoms with Crippen molar-refractivity contribution in [1.29, 1.82) is 0 Å². The molecule has 0 amide bonds. The summed E-state index contributed by atoms with van der Waals surface area (Å²) in [6.45, 7) is 1.68. The van der Waals surface area contributed by atoms with E-state index in [0.29, 0.717) is 21.8 Å². The lowest BCUT2D eigenvalue weighted by Crippen LogP contribution is -2.12. The van der Waals surface area contributed by atoms with Crippen molar-refractivity contribution in [3.05, 3.63) is 58.7 Å². The second kappa shape index (κ2) is 16.7. The lowest BCUT2D eigenvalue weighted by atomic mass is 10.1. The highest BCUT2D eigenvalue weighted by atomic mass is 32.2. The molecule has 14 heteroatoms. The van der Waals surface area contributed by atoms with E-state index < -0.39 is 14.5 Å². The van der Waals surface area contributed by atoms with Crippen LogP contribution in [0.15, 0.2) is 36.4 Å². The fourth-order valence-corrected chi connectivity index (χ4v) is 7.64. The Morgan fingerprint density at radius 3 is 1.00 bits per heavy atom. The van der Waals surface area contributed by atoms with Crippen LogP contribution < -0.4 is 9.47 Å². The summed E-state index contributed by atoms with van der Waals surface area (Å²) in [5.41, 5.74) is 5.76. The summed E-state index contributed by atoms with van der Waals surface area (Å²) < 4.78 is 90.4. The van der Waals surface area contributed by atoms with Crippen LogP contribution in [0, 0.1) is 0 Å². The first-order valence-electron chi connectivity index (χ1n) is 13.1. The first kappa shape index (κ1) is 34.5. The Hall–Kier alpha value is -1.69. The number of rotatable bonds is 0. The van der Waals surface area contributed by atoms with Gasteiger partial charge in [-0.05, 0) is 71.0 Å². The summed E-state index contributed by atoms with van der Waals surface area (Å²) >= 11 is 0. The number of fused-ring (bicyclic) bond motifs is 13. The Balaban J connectivity index is 0.000000482. The molecule has 6 bridgehead atoms. The molecular formula is C26H36B2F8O2S2. The largest absolute Gasteiger partial charge is 0.673 e. The quantitative estimate of drug-likeness (QED) is 0.167. The number of hydrogen-bond acceptors (Lipinski definition) is 2. The fourth-order valence-electron chi connectivity index (χ4n) is 4.49. The van der Waals surface area contributed by atoms with E-state index in [1.165, 1.54) is 47.9 Å². The topological polar surface area (TPSA) is 18.5 Å². The molecule has 0 spiro atoms. The zero-order valence-electron chi connectivity index (χ0n) is 22.8. The van der Waals surface area contributed by atoms with E-state index in [9.17, 15) is 34.5 Å². The number of halogens is 8. The van der Waals surface area contributed by atoms with Gasteiger partial charge in [0, 0.05) is 22.3 Å². The van der Waals surface area contributed by atoms with Crippen molar-refractivity contribution in [3.63, 3.8) is 0 Å². The van der Waals surface area contributed by atoms with Crippen LogP contribution >= 0.6 is 0 Å². The molecule has 0 unspecified atom stereocenters. The summed E-state index contributed by atoms with van der Waals surface area (Å²) in [6.07, 6.45) is 12.2. The highest BCUT2D eigenvalue weighted by molar-refractivity contribution is 7.95. The lowest BCUT2D eigenvalue weighted by Gasteiger charge is -2.14. The van der Waals surface area contributed by atoms with Gasteiger partial charge in [0.15, 0.2) is 0 Å². The third-order valence-electron chi connectivity index (χ3n) is 5.78. The van der Waals surface area contributed by atoms with Gasteiger partial charge in [0.2, 0.25) is 0 Å². The van der Waals surface area contributed by atoms with Crippen molar-refractivity contribution < 1.29 is 44.0 Å². The van der Waals surface area contributed by atoms with Crippen LogP contribution in [0.3, 0.4) is 0 Å². The molecule has 0 N–H and O–H groups in total. The highest BCUT2D eigenvalue weighted by Gasteiger charge is 2.22. The molecule has 0 atom stereocenters. The summed E-state index contributed by atoms with van der Waals surface area (Å²) in [5, 5.41) is 0. The summed E-state index contributed by atoms with van der Waals surface area (Å²) in [7, 11) is -11.4. The smallest absolute Gasteiger partial charge is 0.494 e. The molecule has 5 rings (SSSR count). The van der Waals surface area contributed by atoms with Gasteiger partial charge in [-0.15, -0.1) is 0 Å². The minimum absolute atomic E-state index is 0.295. The fraction of sp³-hybridized carbons (Fsp3) is 0.538. The molecule has 0 saturated carbocycles. The molecular weight excluding hydrogens is 582 g/mol. The molecule has 226 valence electrons. The van der Waals surface area contributed by atoms with Crippen LogP contribution in [0.1, 0.15) is 60.8 Å². The van der Waals surface area contributed by atoms with Gasteiger partial charge >= 0.3 is 14.5 Å². The minimum Gasteiger partial charge on any atom is -0.494 e. The number of hydrogen-bond donors (Lipinski definition) is 0. The molecule has 40 heavy (non-hydrogen) atoms. The molecule has 3 heterocycles. The van der Waals surface area contributed by atoms with Gasteiger partial charge in [-0.3, -0.25) is 0 Å². The van der Waals surface area contributed by atoms with Crippen LogP contribution in [-0.2, 0) is 44.8 Å². The van der Waals surface area contributed by atoms with E-state index >= 15 is 0 Å². The highest BCUT2D eigenvalue weighted by Crippen LogP contribution is 2.28. The normalized spacial score (nSPS) is 20.4. The first-order valence-corrected chi connectivity index (χ1v) is 17.0. The summed E-state index contributed by atoms with van der Waals surface area (Å²) in [6, 6.07) is 14.1. The average Bonchev–Trinajstić information content (AvgIpc) is 2.76. The van der Waals surface area contributed by atoms with Crippen molar-refractivity contribution in [2.75, 3.05) is 25.7 Å². The van der Waals surface area contributed by atoms with Crippen LogP contribution in [0.2, 0.25) is 0 Å². The maximum Gasteiger partial charge on any atom is 0.673 e. The van der Waals surface area contributed by atoms with Gasteiger partial charge in [-0.2, -0.15) is 0 Å². The van der Waals surface area contributed by atoms with Gasteiger partial charge in [0.1, 0.15) is 34.5 Å². The van der Waals surface area contributed by atoms with Crippen LogP contribution in [0.5, 0.6) is 11.5 Å². The Morgan fingerprint density at radius 2 is 0.725 bits per heavy atom. The zero-order chi connectivity index (χ0) is 29.8. The van der Waals surface area contributed by atoms with Gasteiger partial charge in [0.25, 0.3) is 0 Å². The van der Waals surface area contributed by atoms with Crippen molar-refractivity contribution in [1.82, 2.24) is 0 Å². The average molecular weight is 618 g/mol. The second-order valence-electron chi connectivity index (χ2n) is 9.92. The lowest BCUT2D eigenvalue weighted by molar-refractivity contribution is 0.296. The van der Waals surface area contributed by atoms with Gasteiger partial charge in [-0.1, -0.05) is 25.7 Å². The maximum atomic E-state index is 9.75. The molecule has 2 nitrogen and oxygen atoms in total. The third kappa shape index (κ3) is 17.2. The molecule has 0 saturated heterocycles. The Kier molecular flexibility index (Phi) is 14.4. The Morgan fingerprint density at radius 1 is 0.475 bits per heavy atom. The van der Waals surface area contributed by atoms with Crippen LogP contribution in [-0.4, -0.2) is 40.2 Å². The number of ether oxygens (including phenoxy) is 2. The van der Waals surface area contributed by atoms with Gasteiger partial charge in [-0.25, -0.2) is 0 Å². The molecule has 3 aliphatic heterocycles. The van der Waals surface area contributed by atoms with E-state index in [4.69, 9.17) is 9.47 Å². The number of benzene rings is 2. The Labute approximate surface area is 237 Å². The molecule has 0 radical (unpaired) electrons. The van der Waals surface area contributed by atoms with Crippen molar-refractivity contribution in [2.24, 2.45) is 0 Å². The molecule has 0 aromatic heterocycles. The molecule has 2 aromatic rings. The van der Waals surface area contributed by atoms with E-state index in [0.717, 1.165) is 60.6 Å². The molecule has 2 aromatic carbocycles. The predicted molar refractivity (Wildman–Crippen MR) is 153 cm³/mol. The zero-order valence-corrected chi connectivity index (χ0v) is 24.4. The van der Waals surface area contributed by atoms with Crippen molar-refractivity contribution in [3.8, 4) is 11.5 Å². The molecule has 3 aliphatic rings. The monoisotopic (exact) mass is 618 g/mol. The van der Waals surface area contributed by atoms with E-state index in [2.05, 4.69) is 48.9 Å². The maximum absolute atomic E-state index is 9.75. The van der Waals surface area contributed by atoms with Gasteiger partial charge in [0.05, 0.1) is 25.7 Å². The predicted octanol–water partition coefficient (Wildman–Crippen LogP) is 8.61. The minimum atomic E-state index is -6.00. The van der Waals surface area contributed by atoms with Gasteiger partial charge < -0.3 is 44.0 Å². The standard InChI is InChI=1S/C26H36O2S2.2BF4/c1-29-17-21-11-23-15-25(13-21)27-9-7-5-3-4-6-8-10-28-26-14-22(18-29)12-24(16-26)20-30(2)19-23;2*2-1(3,4)5/h11-16H,3-10,17-20H2,1-2H3;;/q+2;2*-1. The second-order valence-corrected chi connectivity index (χ2v) is 14.2. The van der Waals surface area contributed by atoms with Crippen molar-refractivity contribution >= 4 is 36.3 Å². The van der Waals surface area contributed by atoms with E-state index in [-0.39, 0.29) is 0 Å². The summed E-state index contributed by atoms with van der Waals surface area (Å²) in [4.78, 5) is 0. The van der Waals surface area contributed by atoms with Crippen LogP contribution in [0.25, 0.3) is 0 Å². The first-order chi connectivity index (χ1) is 18.6. The van der Waals surface area contributed by atoms with Crippen molar-refractivity contribution in [2.45, 2.75) is 61.5 Å². The SMILES string of the molecule is C[S+]1Cc2cc3cc(c2)OCCCCCCCCOc2cc(cc(c2)C[S+](C)C3)C1.F[B-](F)(F)F.F[B-](F)(F)F. The van der Waals surface area contributed by atoms with E-state index in [1.54, 1.807) is 0 Å². The molecule has 0 aliphatic carbocycles.